The van der Waals surface area contributed by atoms with Crippen LogP contribution in [-0.4, -0.2) is 26.3 Å². The number of imide groups is 2. The molecule has 0 atom stereocenters. The highest BCUT2D eigenvalue weighted by Gasteiger charge is 2.28. The normalized spacial score (nSPS) is 14.4. The number of halogens is 2. The predicted molar refractivity (Wildman–Crippen MR) is 103 cm³/mol. The summed E-state index contributed by atoms with van der Waals surface area (Å²) in [5.74, 6) is -1.95. The third-order valence-corrected chi connectivity index (χ3v) is 5.51. The maximum Gasteiger partial charge on any atom is 0.339 e. The van der Waals surface area contributed by atoms with E-state index in [0.29, 0.717) is 9.50 Å². The van der Waals surface area contributed by atoms with Crippen molar-refractivity contribution in [1.29, 1.82) is 0 Å². The van der Waals surface area contributed by atoms with Crippen LogP contribution < -0.4 is 14.8 Å². The van der Waals surface area contributed by atoms with Gasteiger partial charge in [0.25, 0.3) is 11.8 Å². The first-order valence-electron chi connectivity index (χ1n) is 7.54. The van der Waals surface area contributed by atoms with Crippen molar-refractivity contribution in [2.45, 2.75) is 4.90 Å². The average Bonchev–Trinajstić information content (AvgIpc) is 2.60. The lowest BCUT2D eigenvalue weighted by atomic mass is 10.1. The molecule has 8 nitrogen and oxygen atoms in total. The second-order valence-electron chi connectivity index (χ2n) is 5.47. The van der Waals surface area contributed by atoms with Gasteiger partial charge in [-0.25, -0.2) is 4.79 Å². The molecule has 28 heavy (non-hydrogen) atoms. The monoisotopic (exact) mass is 484 g/mol. The second-order valence-corrected chi connectivity index (χ2v) is 8.37. The summed E-state index contributed by atoms with van der Waals surface area (Å²) >= 11 is 8.99. The van der Waals surface area contributed by atoms with E-state index >= 15 is 0 Å². The summed E-state index contributed by atoms with van der Waals surface area (Å²) < 4.78 is 30.8. The molecule has 11 heteroatoms. The second kappa shape index (κ2) is 7.74. The fourth-order valence-electron chi connectivity index (χ4n) is 2.24. The number of amides is 4. The van der Waals surface area contributed by atoms with Crippen LogP contribution in [0.4, 0.5) is 4.79 Å². The topological polar surface area (TPSA) is 119 Å². The number of hydrogen-bond donors (Lipinski definition) is 2. The highest BCUT2D eigenvalue weighted by atomic mass is 79.9. The lowest BCUT2D eigenvalue weighted by Crippen LogP contribution is -2.51. The Balaban J connectivity index is 2.01. The lowest BCUT2D eigenvalue weighted by molar-refractivity contribution is -0.123. The molecule has 2 N–H and O–H groups in total. The molecule has 0 aromatic heterocycles. The van der Waals surface area contributed by atoms with Crippen molar-refractivity contribution in [1.82, 2.24) is 10.6 Å². The number of hydrogen-bond acceptors (Lipinski definition) is 6. The minimum absolute atomic E-state index is 0.122. The van der Waals surface area contributed by atoms with E-state index in [1.54, 1.807) is 0 Å². The van der Waals surface area contributed by atoms with Crippen LogP contribution >= 0.6 is 27.5 Å². The third-order valence-electron chi connectivity index (χ3n) is 3.52. The third kappa shape index (κ3) is 4.41. The molecule has 0 radical (unpaired) electrons. The first-order valence-corrected chi connectivity index (χ1v) is 10.1. The van der Waals surface area contributed by atoms with Gasteiger partial charge in [0.15, 0.2) is 0 Å². The molecule has 0 unspecified atom stereocenters. The van der Waals surface area contributed by atoms with E-state index in [0.717, 1.165) is 6.08 Å². The van der Waals surface area contributed by atoms with Gasteiger partial charge in [-0.3, -0.25) is 20.2 Å². The molecule has 1 aliphatic heterocycles. The van der Waals surface area contributed by atoms with Gasteiger partial charge in [0, 0.05) is 15.1 Å². The lowest BCUT2D eigenvalue weighted by Gasteiger charge is -2.15. The first kappa shape index (κ1) is 20.1. The number of carbonyl (C=O) groups is 3. The van der Waals surface area contributed by atoms with Gasteiger partial charge >= 0.3 is 16.1 Å². The van der Waals surface area contributed by atoms with E-state index < -0.39 is 28.0 Å². The van der Waals surface area contributed by atoms with E-state index in [4.69, 9.17) is 15.8 Å². The number of carbonyl (C=O) groups excluding carboxylic acids is 3. The molecule has 0 bridgehead atoms. The zero-order valence-corrected chi connectivity index (χ0v) is 16.9. The summed E-state index contributed by atoms with van der Waals surface area (Å²) in [6.07, 6.45) is 1.12. The van der Waals surface area contributed by atoms with Crippen molar-refractivity contribution in [3.05, 3.63) is 63.1 Å². The van der Waals surface area contributed by atoms with Gasteiger partial charge in [0.1, 0.15) is 16.2 Å². The molecule has 144 valence electrons. The van der Waals surface area contributed by atoms with Crippen LogP contribution in [0.1, 0.15) is 5.56 Å². The molecule has 0 saturated carbocycles. The summed E-state index contributed by atoms with van der Waals surface area (Å²) in [5, 5.41) is 4.22. The Hall–Kier alpha value is -2.69. The highest BCUT2D eigenvalue weighted by Crippen LogP contribution is 2.29. The minimum Gasteiger partial charge on any atom is -0.378 e. The number of urea groups is 1. The van der Waals surface area contributed by atoms with Crippen molar-refractivity contribution in [2.24, 2.45) is 0 Å². The molecule has 3 rings (SSSR count). The maximum absolute atomic E-state index is 12.5. The van der Waals surface area contributed by atoms with Gasteiger partial charge in [-0.15, -0.1) is 0 Å². The Labute approximate surface area is 172 Å². The largest absolute Gasteiger partial charge is 0.378 e. The molecule has 1 heterocycles. The van der Waals surface area contributed by atoms with E-state index in [1.165, 1.54) is 42.5 Å². The molecular formula is C17H10BrClN2O6S. The van der Waals surface area contributed by atoms with Crippen LogP contribution in [0.25, 0.3) is 6.08 Å². The molecule has 1 saturated heterocycles. The summed E-state index contributed by atoms with van der Waals surface area (Å²) in [4.78, 5) is 34.9. The van der Waals surface area contributed by atoms with E-state index in [9.17, 15) is 22.8 Å². The van der Waals surface area contributed by atoms with Crippen molar-refractivity contribution >= 4 is 61.6 Å². The molecule has 1 fully saturated rings. The number of benzene rings is 2. The van der Waals surface area contributed by atoms with Gasteiger partial charge in [-0.05, 0) is 48.5 Å². The van der Waals surface area contributed by atoms with E-state index in [1.807, 2.05) is 10.6 Å². The summed E-state index contributed by atoms with van der Waals surface area (Å²) in [6, 6.07) is 8.75. The SMILES string of the molecule is O=C1NC(=O)C(=Cc2cc(Br)ccc2OS(=O)(=O)c2ccc(Cl)cc2)C(=O)N1. The Morgan fingerprint density at radius 2 is 1.57 bits per heavy atom. The zero-order valence-electron chi connectivity index (χ0n) is 13.7. The fraction of sp³-hybridized carbons (Fsp3) is 0. The number of rotatable bonds is 4. The average molecular weight is 486 g/mol. The predicted octanol–water partition coefficient (Wildman–Crippen LogP) is 2.62. The quantitative estimate of drug-likeness (QED) is 0.390. The maximum atomic E-state index is 12.5. The van der Waals surface area contributed by atoms with Gasteiger partial charge < -0.3 is 4.18 Å². The molecule has 0 aliphatic carbocycles. The Kier molecular flexibility index (Phi) is 5.54. The molecular weight excluding hydrogens is 476 g/mol. The van der Waals surface area contributed by atoms with Crippen LogP contribution in [0.3, 0.4) is 0 Å². The van der Waals surface area contributed by atoms with E-state index in [-0.39, 0.29) is 21.8 Å². The summed E-state index contributed by atoms with van der Waals surface area (Å²) in [6.45, 7) is 0. The van der Waals surface area contributed by atoms with Gasteiger partial charge in [0.05, 0.1) is 0 Å². The minimum atomic E-state index is -4.20. The van der Waals surface area contributed by atoms with Crippen molar-refractivity contribution in [3.63, 3.8) is 0 Å². The molecule has 0 spiro atoms. The summed E-state index contributed by atoms with van der Waals surface area (Å²) in [5.41, 5.74) is -0.256. The molecule has 1 aliphatic rings. The fourth-order valence-corrected chi connectivity index (χ4v) is 3.70. The van der Waals surface area contributed by atoms with Crippen LogP contribution in [0.5, 0.6) is 5.75 Å². The summed E-state index contributed by atoms with van der Waals surface area (Å²) in [7, 11) is -4.20. The van der Waals surface area contributed by atoms with Crippen LogP contribution in [0.2, 0.25) is 5.02 Å². The number of nitrogens with one attached hydrogen (secondary N) is 2. The Morgan fingerprint density at radius 1 is 0.964 bits per heavy atom. The smallest absolute Gasteiger partial charge is 0.339 e. The van der Waals surface area contributed by atoms with Crippen molar-refractivity contribution < 1.29 is 27.0 Å². The molecule has 2 aromatic rings. The van der Waals surface area contributed by atoms with Crippen LogP contribution in [-0.2, 0) is 19.7 Å². The van der Waals surface area contributed by atoms with Crippen LogP contribution in [0.15, 0.2) is 57.4 Å². The Bertz CT molecular complexity index is 1110. The van der Waals surface area contributed by atoms with Gasteiger partial charge in [-0.1, -0.05) is 27.5 Å². The van der Waals surface area contributed by atoms with Gasteiger partial charge in [-0.2, -0.15) is 8.42 Å². The zero-order chi connectivity index (χ0) is 20.5. The molecule has 4 amide bonds. The van der Waals surface area contributed by atoms with Crippen LogP contribution in [0, 0.1) is 0 Å². The van der Waals surface area contributed by atoms with Gasteiger partial charge in [0.2, 0.25) is 0 Å². The standard InChI is InChI=1S/C17H10BrClN2O6S/c18-10-1-6-14(27-28(25,26)12-4-2-11(19)3-5-12)9(7-10)8-13-15(22)20-17(24)21-16(13)23/h1-8H,(H2,20,21,22,23,24). The van der Waals surface area contributed by atoms with E-state index in [2.05, 4.69) is 15.9 Å². The first-order chi connectivity index (χ1) is 13.2. The van der Waals surface area contributed by atoms with Crippen molar-refractivity contribution in [3.8, 4) is 5.75 Å². The Morgan fingerprint density at radius 3 is 2.18 bits per heavy atom. The molecule has 2 aromatic carbocycles. The van der Waals surface area contributed by atoms with Crippen molar-refractivity contribution in [2.75, 3.05) is 0 Å². The highest BCUT2D eigenvalue weighted by molar-refractivity contribution is 9.10. The number of barbiturate groups is 1.